The molecule has 2 saturated carbocycles. The van der Waals surface area contributed by atoms with Crippen LogP contribution in [0.3, 0.4) is 0 Å². The molecule has 0 aromatic heterocycles. The third kappa shape index (κ3) is 3.63. The van der Waals surface area contributed by atoms with E-state index in [1.54, 1.807) is 12.1 Å². The third-order valence-corrected chi connectivity index (χ3v) is 5.23. The lowest BCUT2D eigenvalue weighted by atomic mass is 9.70. The predicted molar refractivity (Wildman–Crippen MR) is 86.3 cm³/mol. The maximum absolute atomic E-state index is 12.7. The number of alkyl halides is 2. The lowest BCUT2D eigenvalue weighted by molar-refractivity contribution is -0.0520. The van der Waals surface area contributed by atoms with Gasteiger partial charge in [0.1, 0.15) is 0 Å². The van der Waals surface area contributed by atoms with E-state index in [2.05, 4.69) is 10.8 Å². The van der Waals surface area contributed by atoms with Crippen LogP contribution in [0.1, 0.15) is 63.4 Å². The summed E-state index contributed by atoms with van der Waals surface area (Å²) < 4.78 is 35.9. The predicted octanol–water partition coefficient (Wildman–Crippen LogP) is 5.33. The van der Waals surface area contributed by atoms with Gasteiger partial charge in [0, 0.05) is 0 Å². The van der Waals surface area contributed by atoms with E-state index < -0.39 is 12.0 Å². The Morgan fingerprint density at radius 3 is 2.38 bits per heavy atom. The Bertz CT molecular complexity index is 600. The van der Waals surface area contributed by atoms with Gasteiger partial charge in [0.25, 0.3) is 0 Å². The zero-order valence-corrected chi connectivity index (χ0v) is 13.8. The molecule has 0 N–H and O–H groups in total. The molecule has 5 heteroatoms. The number of benzene rings is 1. The summed E-state index contributed by atoms with van der Waals surface area (Å²) in [6, 6.07) is 7.50. The number of nitriles is 1. The van der Waals surface area contributed by atoms with Crippen molar-refractivity contribution in [1.82, 2.24) is 0 Å². The van der Waals surface area contributed by atoms with Crippen LogP contribution in [-0.4, -0.2) is 12.7 Å². The number of rotatable bonds is 5. The van der Waals surface area contributed by atoms with Crippen molar-refractivity contribution < 1.29 is 18.3 Å². The fourth-order valence-electron chi connectivity index (χ4n) is 3.90. The second kappa shape index (κ2) is 7.38. The Morgan fingerprint density at radius 2 is 1.75 bits per heavy atom. The topological polar surface area (TPSA) is 42.2 Å². The lowest BCUT2D eigenvalue weighted by Crippen LogP contribution is -2.27. The number of hydrogen-bond donors (Lipinski definition) is 0. The van der Waals surface area contributed by atoms with Gasteiger partial charge in [0.2, 0.25) is 0 Å². The van der Waals surface area contributed by atoms with Crippen molar-refractivity contribution in [2.75, 3.05) is 0 Å². The summed E-state index contributed by atoms with van der Waals surface area (Å²) in [5.41, 5.74) is 0.328. The van der Waals surface area contributed by atoms with Crippen LogP contribution in [0.5, 0.6) is 11.5 Å². The van der Waals surface area contributed by atoms with E-state index >= 15 is 0 Å². The largest absolute Gasteiger partial charge is 0.487 e. The first-order chi connectivity index (χ1) is 11.6. The molecule has 0 saturated heterocycles. The molecule has 0 amide bonds. The Hall–Kier alpha value is -1.83. The van der Waals surface area contributed by atoms with Crippen molar-refractivity contribution >= 4 is 0 Å². The van der Waals surface area contributed by atoms with E-state index in [9.17, 15) is 14.0 Å². The Balaban J connectivity index is 1.91. The number of nitrogens with zero attached hydrogens (tertiary/aromatic N) is 1. The summed E-state index contributed by atoms with van der Waals surface area (Å²) in [6.45, 7) is -2.89. The SMILES string of the molecule is N#CC1(c2ccc(OC(F)F)c(OC3CCCC3)c2)CCCCC1. The average molecular weight is 335 g/mol. The van der Waals surface area contributed by atoms with Gasteiger partial charge in [-0.2, -0.15) is 14.0 Å². The van der Waals surface area contributed by atoms with Crippen molar-refractivity contribution in [2.24, 2.45) is 0 Å². The first-order valence-electron chi connectivity index (χ1n) is 8.80. The number of halogens is 2. The van der Waals surface area contributed by atoms with E-state index in [-0.39, 0.29) is 11.9 Å². The fraction of sp³-hybridized carbons (Fsp3) is 0.632. The molecule has 0 heterocycles. The van der Waals surface area contributed by atoms with Crippen LogP contribution in [0.2, 0.25) is 0 Å². The molecule has 2 fully saturated rings. The fourth-order valence-corrected chi connectivity index (χ4v) is 3.90. The molecule has 1 aromatic rings. The van der Waals surface area contributed by atoms with Gasteiger partial charge in [0.05, 0.1) is 17.6 Å². The van der Waals surface area contributed by atoms with E-state index in [4.69, 9.17) is 4.74 Å². The minimum Gasteiger partial charge on any atom is -0.487 e. The summed E-state index contributed by atoms with van der Waals surface area (Å²) >= 11 is 0. The normalized spacial score (nSPS) is 20.8. The zero-order valence-electron chi connectivity index (χ0n) is 13.8. The Kier molecular flexibility index (Phi) is 5.23. The molecule has 130 valence electrons. The standard InChI is InChI=1S/C19H23F2NO2/c20-18(21)24-16-9-8-14(19(13-22)10-4-1-5-11-19)12-17(16)23-15-6-2-3-7-15/h8-9,12,15,18H,1-7,10-11H2. The molecule has 0 unspecified atom stereocenters. The minimum absolute atomic E-state index is 0.0460. The summed E-state index contributed by atoms with van der Waals surface area (Å²) in [7, 11) is 0. The summed E-state index contributed by atoms with van der Waals surface area (Å²) in [4.78, 5) is 0. The molecular weight excluding hydrogens is 312 g/mol. The molecule has 0 atom stereocenters. The maximum atomic E-state index is 12.7. The van der Waals surface area contributed by atoms with Crippen molar-refractivity contribution in [2.45, 2.75) is 75.9 Å². The minimum atomic E-state index is -2.89. The van der Waals surface area contributed by atoms with Crippen LogP contribution in [0, 0.1) is 11.3 Å². The Morgan fingerprint density at radius 1 is 1.04 bits per heavy atom. The number of ether oxygens (including phenoxy) is 2. The summed E-state index contributed by atoms with van der Waals surface area (Å²) in [5.74, 6) is 0.407. The van der Waals surface area contributed by atoms with Crippen LogP contribution in [0.25, 0.3) is 0 Å². The molecule has 24 heavy (non-hydrogen) atoms. The Labute approximate surface area is 141 Å². The highest BCUT2D eigenvalue weighted by atomic mass is 19.3. The highest BCUT2D eigenvalue weighted by molar-refractivity contribution is 5.47. The molecule has 3 rings (SSSR count). The van der Waals surface area contributed by atoms with Gasteiger partial charge in [-0.25, -0.2) is 0 Å². The molecule has 2 aliphatic rings. The molecule has 0 spiro atoms. The molecule has 0 radical (unpaired) electrons. The van der Waals surface area contributed by atoms with Crippen LogP contribution in [0.15, 0.2) is 18.2 Å². The summed E-state index contributed by atoms with van der Waals surface area (Å²) in [5, 5.41) is 9.74. The van der Waals surface area contributed by atoms with Gasteiger partial charge >= 0.3 is 6.61 Å². The number of hydrogen-bond acceptors (Lipinski definition) is 3. The van der Waals surface area contributed by atoms with Gasteiger partial charge < -0.3 is 9.47 Å². The highest BCUT2D eigenvalue weighted by Gasteiger charge is 2.35. The van der Waals surface area contributed by atoms with Crippen LogP contribution >= 0.6 is 0 Å². The van der Waals surface area contributed by atoms with E-state index in [0.717, 1.165) is 63.4 Å². The lowest BCUT2D eigenvalue weighted by Gasteiger charge is -2.31. The van der Waals surface area contributed by atoms with Crippen molar-refractivity contribution in [3.63, 3.8) is 0 Å². The van der Waals surface area contributed by atoms with E-state index in [1.807, 2.05) is 0 Å². The highest BCUT2D eigenvalue weighted by Crippen LogP contribution is 2.43. The molecule has 0 aliphatic heterocycles. The molecular formula is C19H23F2NO2. The molecule has 3 nitrogen and oxygen atoms in total. The molecule has 2 aliphatic carbocycles. The summed E-state index contributed by atoms with van der Waals surface area (Å²) in [6.07, 6.45) is 8.89. The van der Waals surface area contributed by atoms with Crippen LogP contribution in [-0.2, 0) is 5.41 Å². The van der Waals surface area contributed by atoms with Gasteiger partial charge in [-0.05, 0) is 56.2 Å². The van der Waals surface area contributed by atoms with Gasteiger partial charge in [-0.3, -0.25) is 0 Å². The van der Waals surface area contributed by atoms with Gasteiger partial charge in [0.15, 0.2) is 11.5 Å². The smallest absolute Gasteiger partial charge is 0.387 e. The third-order valence-electron chi connectivity index (χ3n) is 5.23. The first-order valence-corrected chi connectivity index (χ1v) is 8.80. The second-order valence-electron chi connectivity index (χ2n) is 6.82. The molecule has 0 bridgehead atoms. The monoisotopic (exact) mass is 335 g/mol. The van der Waals surface area contributed by atoms with E-state index in [1.165, 1.54) is 6.07 Å². The second-order valence-corrected chi connectivity index (χ2v) is 6.82. The average Bonchev–Trinajstić information content (AvgIpc) is 3.09. The van der Waals surface area contributed by atoms with E-state index in [0.29, 0.717) is 5.75 Å². The van der Waals surface area contributed by atoms with Gasteiger partial charge in [-0.15, -0.1) is 0 Å². The van der Waals surface area contributed by atoms with Gasteiger partial charge in [-0.1, -0.05) is 25.3 Å². The first kappa shape index (κ1) is 17.0. The quantitative estimate of drug-likeness (QED) is 0.730. The molecule has 1 aromatic carbocycles. The zero-order chi connectivity index (χ0) is 17.0. The van der Waals surface area contributed by atoms with Crippen molar-refractivity contribution in [1.29, 1.82) is 5.26 Å². The maximum Gasteiger partial charge on any atom is 0.387 e. The van der Waals surface area contributed by atoms with Crippen LogP contribution in [0.4, 0.5) is 8.78 Å². The van der Waals surface area contributed by atoms with Crippen LogP contribution < -0.4 is 9.47 Å². The van der Waals surface area contributed by atoms with Crippen molar-refractivity contribution in [3.05, 3.63) is 23.8 Å². The van der Waals surface area contributed by atoms with Crippen molar-refractivity contribution in [3.8, 4) is 17.6 Å².